The quantitative estimate of drug-likeness (QED) is 0.755. The van der Waals surface area contributed by atoms with Crippen LogP contribution in [0.5, 0.6) is 5.75 Å². The molecule has 0 spiro atoms. The first-order chi connectivity index (χ1) is 9.43. The van der Waals surface area contributed by atoms with Crippen LogP contribution in [0, 0.1) is 0 Å². The van der Waals surface area contributed by atoms with Gasteiger partial charge in [0.2, 0.25) is 0 Å². The maximum atomic E-state index is 5.46. The molecule has 0 fully saturated rings. The highest BCUT2D eigenvalue weighted by atomic mass is 16.5. The molecule has 1 aliphatic rings. The molecule has 19 heavy (non-hydrogen) atoms. The molecule has 0 unspecified atom stereocenters. The van der Waals surface area contributed by atoms with E-state index in [0.717, 1.165) is 29.1 Å². The van der Waals surface area contributed by atoms with E-state index in [-0.39, 0.29) is 6.73 Å². The largest absolute Gasteiger partial charge is 0.470 e. The fourth-order valence-corrected chi connectivity index (χ4v) is 1.95. The SMILES string of the molecule is C1=Nc2cccc(N=NCOc3ccccc3)c2C1. The summed E-state index contributed by atoms with van der Waals surface area (Å²) in [5.41, 5.74) is 2.98. The first-order valence-electron chi connectivity index (χ1n) is 6.13. The lowest BCUT2D eigenvalue weighted by atomic mass is 10.1. The summed E-state index contributed by atoms with van der Waals surface area (Å²) >= 11 is 0. The lowest BCUT2D eigenvalue weighted by Gasteiger charge is -2.02. The molecule has 2 aromatic carbocycles. The average Bonchev–Trinajstić information content (AvgIpc) is 2.94. The van der Waals surface area contributed by atoms with E-state index in [0.29, 0.717) is 0 Å². The number of aliphatic imine (C=N–C) groups is 1. The molecule has 0 N–H and O–H groups in total. The van der Waals surface area contributed by atoms with Gasteiger partial charge in [-0.1, -0.05) is 24.3 Å². The maximum Gasteiger partial charge on any atom is 0.198 e. The Morgan fingerprint density at radius 2 is 1.95 bits per heavy atom. The minimum atomic E-state index is 0.217. The first-order valence-corrected chi connectivity index (χ1v) is 6.13. The molecular weight excluding hydrogens is 238 g/mol. The summed E-state index contributed by atoms with van der Waals surface area (Å²) in [5.74, 6) is 0.795. The third-order valence-corrected chi connectivity index (χ3v) is 2.86. The van der Waals surface area contributed by atoms with Crippen molar-refractivity contribution in [2.24, 2.45) is 15.2 Å². The molecule has 2 aromatic rings. The molecule has 1 aliphatic heterocycles. The Hall–Kier alpha value is -2.49. The van der Waals surface area contributed by atoms with E-state index in [9.17, 15) is 0 Å². The van der Waals surface area contributed by atoms with Gasteiger partial charge in [0.1, 0.15) is 5.75 Å². The Balaban J connectivity index is 1.63. The Morgan fingerprint density at radius 1 is 1.05 bits per heavy atom. The van der Waals surface area contributed by atoms with Crippen molar-refractivity contribution < 1.29 is 4.74 Å². The summed E-state index contributed by atoms with van der Waals surface area (Å²) in [5, 5.41) is 8.27. The highest BCUT2D eigenvalue weighted by Gasteiger charge is 2.10. The minimum Gasteiger partial charge on any atom is -0.470 e. The van der Waals surface area contributed by atoms with E-state index in [2.05, 4.69) is 15.2 Å². The molecule has 0 bridgehead atoms. The number of ether oxygens (including phenoxy) is 1. The predicted molar refractivity (Wildman–Crippen MR) is 74.8 cm³/mol. The van der Waals surface area contributed by atoms with Crippen LogP contribution in [0.15, 0.2) is 63.8 Å². The number of rotatable bonds is 4. The van der Waals surface area contributed by atoms with Crippen molar-refractivity contribution in [3.63, 3.8) is 0 Å². The zero-order valence-corrected chi connectivity index (χ0v) is 10.4. The number of fused-ring (bicyclic) bond motifs is 1. The van der Waals surface area contributed by atoms with Gasteiger partial charge in [0.05, 0.1) is 11.4 Å². The van der Waals surface area contributed by atoms with Crippen LogP contribution < -0.4 is 4.74 Å². The number of para-hydroxylation sites is 1. The van der Waals surface area contributed by atoms with Crippen LogP contribution in [0.3, 0.4) is 0 Å². The van der Waals surface area contributed by atoms with E-state index in [1.165, 1.54) is 0 Å². The van der Waals surface area contributed by atoms with Crippen LogP contribution >= 0.6 is 0 Å². The van der Waals surface area contributed by atoms with Crippen molar-refractivity contribution in [2.45, 2.75) is 6.42 Å². The summed E-state index contributed by atoms with van der Waals surface area (Å²) in [7, 11) is 0. The lowest BCUT2D eigenvalue weighted by molar-refractivity contribution is 0.323. The van der Waals surface area contributed by atoms with Gasteiger partial charge in [0.15, 0.2) is 6.73 Å². The minimum absolute atomic E-state index is 0.217. The van der Waals surface area contributed by atoms with E-state index in [1.807, 2.05) is 54.7 Å². The summed E-state index contributed by atoms with van der Waals surface area (Å²) < 4.78 is 5.46. The summed E-state index contributed by atoms with van der Waals surface area (Å²) in [6.45, 7) is 0.217. The molecule has 4 nitrogen and oxygen atoms in total. The highest BCUT2D eigenvalue weighted by Crippen LogP contribution is 2.32. The first kappa shape index (κ1) is 11.6. The fourth-order valence-electron chi connectivity index (χ4n) is 1.95. The smallest absolute Gasteiger partial charge is 0.198 e. The third kappa shape index (κ3) is 2.68. The van der Waals surface area contributed by atoms with E-state index in [1.54, 1.807) is 0 Å². The zero-order chi connectivity index (χ0) is 12.9. The van der Waals surface area contributed by atoms with Gasteiger partial charge in [-0.05, 0) is 24.3 Å². The van der Waals surface area contributed by atoms with Crippen LogP contribution in [0.25, 0.3) is 0 Å². The van der Waals surface area contributed by atoms with Crippen LogP contribution in [0.4, 0.5) is 11.4 Å². The van der Waals surface area contributed by atoms with Gasteiger partial charge in [-0.15, -0.1) is 5.11 Å². The van der Waals surface area contributed by atoms with Gasteiger partial charge >= 0.3 is 0 Å². The van der Waals surface area contributed by atoms with Gasteiger partial charge in [0, 0.05) is 18.2 Å². The van der Waals surface area contributed by atoms with Crippen molar-refractivity contribution >= 4 is 17.6 Å². The molecule has 0 aromatic heterocycles. The summed E-state index contributed by atoms with van der Waals surface area (Å²) in [4.78, 5) is 4.28. The summed E-state index contributed by atoms with van der Waals surface area (Å²) in [6, 6.07) is 15.4. The van der Waals surface area contributed by atoms with Crippen LogP contribution in [0.1, 0.15) is 5.56 Å². The second kappa shape index (κ2) is 5.44. The van der Waals surface area contributed by atoms with Gasteiger partial charge in [0.25, 0.3) is 0 Å². The van der Waals surface area contributed by atoms with Crippen molar-refractivity contribution in [3.05, 3.63) is 54.1 Å². The number of nitrogens with zero attached hydrogens (tertiary/aromatic N) is 3. The normalized spacial score (nSPS) is 12.8. The molecule has 4 heteroatoms. The maximum absolute atomic E-state index is 5.46. The third-order valence-electron chi connectivity index (χ3n) is 2.86. The van der Waals surface area contributed by atoms with Crippen LogP contribution in [-0.4, -0.2) is 12.9 Å². The van der Waals surface area contributed by atoms with E-state index >= 15 is 0 Å². The van der Waals surface area contributed by atoms with E-state index < -0.39 is 0 Å². The number of hydrogen-bond acceptors (Lipinski definition) is 4. The second-order valence-corrected chi connectivity index (χ2v) is 4.12. The molecule has 0 radical (unpaired) electrons. The molecular formula is C15H13N3O. The van der Waals surface area contributed by atoms with Crippen molar-refractivity contribution in [1.82, 2.24) is 0 Å². The molecule has 94 valence electrons. The predicted octanol–water partition coefficient (Wildman–Crippen LogP) is 4.07. The Labute approximate surface area is 111 Å². The van der Waals surface area contributed by atoms with Gasteiger partial charge in [-0.3, -0.25) is 4.99 Å². The molecule has 0 aliphatic carbocycles. The van der Waals surface area contributed by atoms with E-state index in [4.69, 9.17) is 4.74 Å². The van der Waals surface area contributed by atoms with Crippen molar-refractivity contribution in [2.75, 3.05) is 6.73 Å². The monoisotopic (exact) mass is 251 g/mol. The fraction of sp³-hybridized carbons (Fsp3) is 0.133. The van der Waals surface area contributed by atoms with Crippen LogP contribution in [0.2, 0.25) is 0 Å². The van der Waals surface area contributed by atoms with Gasteiger partial charge in [-0.25, -0.2) is 0 Å². The Bertz CT molecular complexity index is 621. The topological polar surface area (TPSA) is 46.3 Å². The standard InChI is InChI=1S/C15H13N3O/c1-2-5-12(6-3-1)19-11-17-18-15-8-4-7-14-13(15)9-10-16-14/h1-8,10H,9,11H2. The van der Waals surface area contributed by atoms with Gasteiger partial charge < -0.3 is 4.74 Å². The molecule has 0 saturated heterocycles. The van der Waals surface area contributed by atoms with Crippen LogP contribution in [-0.2, 0) is 6.42 Å². The van der Waals surface area contributed by atoms with Crippen molar-refractivity contribution in [3.8, 4) is 5.75 Å². The lowest BCUT2D eigenvalue weighted by Crippen LogP contribution is -1.92. The summed E-state index contributed by atoms with van der Waals surface area (Å²) in [6.07, 6.45) is 2.72. The zero-order valence-electron chi connectivity index (χ0n) is 10.4. The number of benzene rings is 2. The van der Waals surface area contributed by atoms with Gasteiger partial charge in [-0.2, -0.15) is 5.11 Å². The average molecular weight is 251 g/mol. The molecule has 3 rings (SSSR count). The molecule has 0 saturated carbocycles. The highest BCUT2D eigenvalue weighted by molar-refractivity contribution is 5.80. The molecule has 1 heterocycles. The Kier molecular flexibility index (Phi) is 3.32. The number of azo groups is 1. The molecule has 0 atom stereocenters. The Morgan fingerprint density at radius 3 is 2.84 bits per heavy atom. The number of hydrogen-bond donors (Lipinski definition) is 0. The van der Waals surface area contributed by atoms with Crippen molar-refractivity contribution in [1.29, 1.82) is 0 Å². The molecule has 0 amide bonds. The second-order valence-electron chi connectivity index (χ2n) is 4.12.